The standard InChI is InChI=1S/C27H34O4/c1-16-11-12-20-21(26(20,4)5)14-17(2)24(29)27(15-18(3)23(28)22(27)13-16)31-25(30)19-9-7-6-8-10-19/h6-10,13-14,18,20-23,28H,11-12,15H2,1-5H3/b16-13+,17-14+/t18-,20-,21-,22-,23-,27+/m0/s1. The summed E-state index contributed by atoms with van der Waals surface area (Å²) in [6.07, 6.45) is 5.68. The number of carbonyl (C=O) groups is 2. The Hall–Kier alpha value is -2.20. The van der Waals surface area contributed by atoms with Crippen molar-refractivity contribution in [2.24, 2.45) is 29.1 Å². The van der Waals surface area contributed by atoms with Crippen LogP contribution in [0.15, 0.2) is 53.6 Å². The smallest absolute Gasteiger partial charge is 0.339 e. The maximum atomic E-state index is 13.9. The fraction of sp³-hybridized carbons (Fsp3) is 0.556. The molecule has 1 aromatic carbocycles. The van der Waals surface area contributed by atoms with Gasteiger partial charge in [0, 0.05) is 6.42 Å². The summed E-state index contributed by atoms with van der Waals surface area (Å²) in [5, 5.41) is 11.0. The van der Waals surface area contributed by atoms with Crippen LogP contribution in [-0.2, 0) is 9.53 Å². The van der Waals surface area contributed by atoms with E-state index in [1.807, 2.05) is 26.0 Å². The third-order valence-corrected chi connectivity index (χ3v) is 8.02. The Kier molecular flexibility index (Phi) is 5.49. The Morgan fingerprint density at radius 2 is 1.77 bits per heavy atom. The highest BCUT2D eigenvalue weighted by Crippen LogP contribution is 2.62. The molecule has 4 nitrogen and oxygen atoms in total. The molecule has 0 aliphatic heterocycles. The maximum Gasteiger partial charge on any atom is 0.339 e. The lowest BCUT2D eigenvalue weighted by Gasteiger charge is -2.34. The van der Waals surface area contributed by atoms with Crippen molar-refractivity contribution in [2.45, 2.75) is 65.6 Å². The van der Waals surface area contributed by atoms with Crippen molar-refractivity contribution in [3.8, 4) is 0 Å². The van der Waals surface area contributed by atoms with E-state index < -0.39 is 23.6 Å². The monoisotopic (exact) mass is 422 g/mol. The summed E-state index contributed by atoms with van der Waals surface area (Å²) in [5.41, 5.74) is 0.994. The first-order valence-electron chi connectivity index (χ1n) is 11.4. The molecular formula is C27H34O4. The molecule has 3 aliphatic carbocycles. The Morgan fingerprint density at radius 3 is 2.45 bits per heavy atom. The van der Waals surface area contributed by atoms with Crippen LogP contribution in [0.4, 0.5) is 0 Å². The Labute approximate surface area is 185 Å². The van der Waals surface area contributed by atoms with Gasteiger partial charge >= 0.3 is 5.97 Å². The molecule has 31 heavy (non-hydrogen) atoms. The SMILES string of the molecule is C/C1=C\[C@H]2[C@@H](O)[C@@H](C)C[C@]2(OC(=O)c2ccccc2)C(=O)/C(C)=C/[C@H]2[C@H](CC1)C2(C)C. The summed E-state index contributed by atoms with van der Waals surface area (Å²) in [6.45, 7) is 10.4. The highest BCUT2D eigenvalue weighted by Gasteiger charge is 2.60. The Balaban J connectivity index is 1.80. The summed E-state index contributed by atoms with van der Waals surface area (Å²) in [6, 6.07) is 8.78. The van der Waals surface area contributed by atoms with Gasteiger partial charge in [0.1, 0.15) is 0 Å². The number of rotatable bonds is 2. The molecule has 3 aliphatic rings. The molecule has 6 atom stereocenters. The minimum absolute atomic E-state index is 0.151. The number of ether oxygens (including phenoxy) is 1. The average molecular weight is 423 g/mol. The molecule has 4 rings (SSSR count). The molecule has 1 N–H and O–H groups in total. The lowest BCUT2D eigenvalue weighted by molar-refractivity contribution is -0.138. The number of hydrogen-bond acceptors (Lipinski definition) is 4. The van der Waals surface area contributed by atoms with Crippen LogP contribution in [0.2, 0.25) is 0 Å². The van der Waals surface area contributed by atoms with Gasteiger partial charge in [-0.25, -0.2) is 4.79 Å². The minimum atomic E-state index is -1.38. The molecule has 0 saturated heterocycles. The zero-order chi connectivity index (χ0) is 22.6. The molecule has 1 aromatic rings. The highest BCUT2D eigenvalue weighted by molar-refractivity contribution is 6.04. The third kappa shape index (κ3) is 3.69. The van der Waals surface area contributed by atoms with Crippen LogP contribution in [0, 0.1) is 29.1 Å². The molecule has 2 saturated carbocycles. The van der Waals surface area contributed by atoms with E-state index in [1.165, 1.54) is 0 Å². The second-order valence-electron chi connectivity index (χ2n) is 10.5. The molecule has 0 radical (unpaired) electrons. The molecule has 0 spiro atoms. The van der Waals surface area contributed by atoms with Crippen molar-refractivity contribution >= 4 is 11.8 Å². The van der Waals surface area contributed by atoms with Crippen molar-refractivity contribution in [1.29, 1.82) is 0 Å². The zero-order valence-corrected chi connectivity index (χ0v) is 19.2. The van der Waals surface area contributed by atoms with Gasteiger partial charge in [-0.3, -0.25) is 4.79 Å². The molecule has 0 aromatic heterocycles. The summed E-state index contributed by atoms with van der Waals surface area (Å²) in [7, 11) is 0. The second kappa shape index (κ2) is 7.74. The number of aliphatic hydroxyl groups is 1. The predicted octanol–water partition coefficient (Wildman–Crippen LogP) is 5.13. The van der Waals surface area contributed by atoms with Gasteiger partial charge in [-0.2, -0.15) is 0 Å². The van der Waals surface area contributed by atoms with Gasteiger partial charge in [0.15, 0.2) is 5.60 Å². The van der Waals surface area contributed by atoms with Crippen LogP contribution in [0.5, 0.6) is 0 Å². The normalized spacial score (nSPS) is 40.3. The van der Waals surface area contributed by atoms with E-state index in [-0.39, 0.29) is 17.1 Å². The van der Waals surface area contributed by atoms with Gasteiger partial charge in [-0.15, -0.1) is 0 Å². The fourth-order valence-corrected chi connectivity index (χ4v) is 5.92. The van der Waals surface area contributed by atoms with Crippen LogP contribution in [0.25, 0.3) is 0 Å². The van der Waals surface area contributed by atoms with E-state index >= 15 is 0 Å². The Bertz CT molecular complexity index is 941. The quantitative estimate of drug-likeness (QED) is 0.530. The molecule has 2 fully saturated rings. The van der Waals surface area contributed by atoms with Gasteiger partial charge in [-0.1, -0.05) is 56.7 Å². The fourth-order valence-electron chi connectivity index (χ4n) is 5.92. The van der Waals surface area contributed by atoms with Crippen molar-refractivity contribution < 1.29 is 19.4 Å². The summed E-state index contributed by atoms with van der Waals surface area (Å²) in [5.74, 6) is -0.485. The number of aliphatic hydroxyl groups excluding tert-OH is 1. The van der Waals surface area contributed by atoms with Gasteiger partial charge in [0.05, 0.1) is 17.6 Å². The van der Waals surface area contributed by atoms with Crippen LogP contribution in [0.1, 0.15) is 64.2 Å². The molecular weight excluding hydrogens is 388 g/mol. The molecule has 4 heteroatoms. The molecule has 166 valence electrons. The summed E-state index contributed by atoms with van der Waals surface area (Å²) >= 11 is 0. The third-order valence-electron chi connectivity index (χ3n) is 8.02. The number of ketones is 1. The predicted molar refractivity (Wildman–Crippen MR) is 120 cm³/mol. The van der Waals surface area contributed by atoms with Gasteiger partial charge in [0.25, 0.3) is 0 Å². The largest absolute Gasteiger partial charge is 0.446 e. The number of allylic oxidation sites excluding steroid dienone is 2. The Morgan fingerprint density at radius 1 is 1.10 bits per heavy atom. The van der Waals surface area contributed by atoms with Crippen molar-refractivity contribution in [3.63, 3.8) is 0 Å². The van der Waals surface area contributed by atoms with Crippen molar-refractivity contribution in [2.75, 3.05) is 0 Å². The summed E-state index contributed by atoms with van der Waals surface area (Å²) < 4.78 is 6.10. The minimum Gasteiger partial charge on any atom is -0.446 e. The number of Topliss-reactive ketones (excluding diaryl/α,β-unsaturated/α-hetero) is 1. The molecule has 0 heterocycles. The number of fused-ring (bicyclic) bond motifs is 2. The highest BCUT2D eigenvalue weighted by atomic mass is 16.6. The second-order valence-corrected chi connectivity index (χ2v) is 10.5. The van der Waals surface area contributed by atoms with Crippen LogP contribution >= 0.6 is 0 Å². The first-order valence-corrected chi connectivity index (χ1v) is 11.4. The van der Waals surface area contributed by atoms with E-state index in [1.54, 1.807) is 24.3 Å². The lowest BCUT2D eigenvalue weighted by atomic mass is 9.81. The van der Waals surface area contributed by atoms with Crippen molar-refractivity contribution in [3.05, 3.63) is 59.2 Å². The van der Waals surface area contributed by atoms with E-state index in [9.17, 15) is 14.7 Å². The van der Waals surface area contributed by atoms with E-state index in [4.69, 9.17) is 4.74 Å². The first-order chi connectivity index (χ1) is 14.6. The van der Waals surface area contributed by atoms with E-state index in [0.29, 0.717) is 29.4 Å². The van der Waals surface area contributed by atoms with E-state index in [0.717, 1.165) is 18.4 Å². The molecule has 0 bridgehead atoms. The zero-order valence-electron chi connectivity index (χ0n) is 19.2. The van der Waals surface area contributed by atoms with Crippen LogP contribution < -0.4 is 0 Å². The first kappa shape index (κ1) is 22.0. The van der Waals surface area contributed by atoms with Crippen LogP contribution in [-0.4, -0.2) is 28.6 Å². The number of benzene rings is 1. The van der Waals surface area contributed by atoms with Crippen LogP contribution in [0.3, 0.4) is 0 Å². The number of esters is 1. The van der Waals surface area contributed by atoms with Gasteiger partial charge in [0.2, 0.25) is 5.78 Å². The molecule has 0 unspecified atom stereocenters. The number of hydrogen-bond donors (Lipinski definition) is 1. The average Bonchev–Trinajstić information content (AvgIpc) is 3.16. The van der Waals surface area contributed by atoms with Crippen molar-refractivity contribution in [1.82, 2.24) is 0 Å². The molecule has 0 amide bonds. The topological polar surface area (TPSA) is 63.6 Å². The van der Waals surface area contributed by atoms with Gasteiger partial charge < -0.3 is 9.84 Å². The van der Waals surface area contributed by atoms with Gasteiger partial charge in [-0.05, 0) is 67.6 Å². The van der Waals surface area contributed by atoms with E-state index in [2.05, 4.69) is 26.8 Å². The lowest BCUT2D eigenvalue weighted by Crippen LogP contribution is -2.48. The summed E-state index contributed by atoms with van der Waals surface area (Å²) in [4.78, 5) is 27.0. The maximum absolute atomic E-state index is 13.9. The number of carbonyl (C=O) groups excluding carboxylic acids is 2.